The van der Waals surface area contributed by atoms with Crippen molar-refractivity contribution >= 4 is 35.9 Å². The molecule has 1 saturated heterocycles. The number of carbonyl (C=O) groups is 2. The molecule has 0 unspecified atom stereocenters. The molecular weight excluding hydrogens is 521 g/mol. The smallest absolute Gasteiger partial charge is 0.384 e. The predicted molar refractivity (Wildman–Crippen MR) is 139 cm³/mol. The Morgan fingerprint density at radius 3 is 2.43 bits per heavy atom. The highest BCUT2D eigenvalue weighted by atomic mass is 32.1. The highest BCUT2D eigenvalue weighted by Gasteiger charge is 2.42. The second-order valence-corrected chi connectivity index (χ2v) is 17.3. The summed E-state index contributed by atoms with van der Waals surface area (Å²) in [5.74, 6) is -1.01. The van der Waals surface area contributed by atoms with Crippen molar-refractivity contribution in [1.29, 1.82) is 0 Å². The number of aromatic nitrogens is 1. The second kappa shape index (κ2) is 10.5. The molecule has 2 aliphatic rings. The van der Waals surface area contributed by atoms with Gasteiger partial charge in [0.25, 0.3) is 5.91 Å². The Hall–Kier alpha value is -2.28. The SMILES string of the molecule is C[Si](C)(C)c1ncc(C2(O)CCC(N(C(=O)CNC(=O)c3cccc(C(F)(F)F)c3)C3CNC3)CC2)s1. The number of alkyl halides is 3. The average Bonchev–Trinajstić information content (AvgIpc) is 3.32. The zero-order valence-electron chi connectivity index (χ0n) is 21.2. The molecule has 0 spiro atoms. The number of hydrogen-bond donors (Lipinski definition) is 3. The molecule has 1 saturated carbocycles. The molecule has 7 nitrogen and oxygen atoms in total. The molecule has 0 bridgehead atoms. The Bertz CT molecular complexity index is 1140. The van der Waals surface area contributed by atoms with Crippen LogP contribution in [0, 0.1) is 0 Å². The molecule has 2 aromatic rings. The highest BCUT2D eigenvalue weighted by molar-refractivity contribution is 7.25. The maximum absolute atomic E-state index is 13.2. The van der Waals surface area contributed by atoms with E-state index in [1.165, 1.54) is 12.1 Å². The van der Waals surface area contributed by atoms with E-state index < -0.39 is 31.3 Å². The van der Waals surface area contributed by atoms with Crippen LogP contribution in [0.1, 0.15) is 46.5 Å². The van der Waals surface area contributed by atoms with Crippen LogP contribution < -0.4 is 15.3 Å². The minimum Gasteiger partial charge on any atom is -0.384 e. The largest absolute Gasteiger partial charge is 0.416 e. The molecule has 12 heteroatoms. The lowest BCUT2D eigenvalue weighted by molar-refractivity contribution is -0.139. The van der Waals surface area contributed by atoms with Crippen LogP contribution in [0.3, 0.4) is 0 Å². The summed E-state index contributed by atoms with van der Waals surface area (Å²) in [7, 11) is -1.58. The van der Waals surface area contributed by atoms with Gasteiger partial charge in [0.1, 0.15) is 13.7 Å². The van der Waals surface area contributed by atoms with E-state index in [4.69, 9.17) is 0 Å². The van der Waals surface area contributed by atoms with Gasteiger partial charge in [-0.15, -0.1) is 11.3 Å². The summed E-state index contributed by atoms with van der Waals surface area (Å²) in [6.07, 6.45) is -0.531. The van der Waals surface area contributed by atoms with Gasteiger partial charge >= 0.3 is 6.18 Å². The van der Waals surface area contributed by atoms with Gasteiger partial charge in [0.15, 0.2) is 0 Å². The minimum absolute atomic E-state index is 0.0175. The number of nitrogens with one attached hydrogen (secondary N) is 2. The maximum Gasteiger partial charge on any atom is 0.416 e. The van der Waals surface area contributed by atoms with E-state index in [1.807, 2.05) is 0 Å². The fraction of sp³-hybridized carbons (Fsp3) is 0.560. The summed E-state index contributed by atoms with van der Waals surface area (Å²) in [4.78, 5) is 33.0. The lowest BCUT2D eigenvalue weighted by Crippen LogP contribution is -2.63. The van der Waals surface area contributed by atoms with Crippen molar-refractivity contribution in [2.75, 3.05) is 19.6 Å². The van der Waals surface area contributed by atoms with Crippen molar-refractivity contribution in [3.63, 3.8) is 0 Å². The first-order valence-electron chi connectivity index (χ1n) is 12.4. The van der Waals surface area contributed by atoms with Crippen molar-refractivity contribution in [3.05, 3.63) is 46.5 Å². The minimum atomic E-state index is -4.56. The summed E-state index contributed by atoms with van der Waals surface area (Å²) >= 11 is 1.59. The topological polar surface area (TPSA) is 94.6 Å². The van der Waals surface area contributed by atoms with Crippen LogP contribution in [0.4, 0.5) is 13.2 Å². The molecule has 0 atom stereocenters. The van der Waals surface area contributed by atoms with Gasteiger partial charge in [-0.3, -0.25) is 14.6 Å². The maximum atomic E-state index is 13.2. The summed E-state index contributed by atoms with van der Waals surface area (Å²) in [5, 5.41) is 17.0. The van der Waals surface area contributed by atoms with Gasteiger partial charge < -0.3 is 20.6 Å². The summed E-state index contributed by atoms with van der Waals surface area (Å²) in [5.41, 5.74) is -2.03. The van der Waals surface area contributed by atoms with Crippen molar-refractivity contribution < 1.29 is 27.9 Å². The fourth-order valence-corrected chi connectivity index (χ4v) is 7.62. The molecular formula is C25H33F3N4O3SSi. The zero-order chi connectivity index (χ0) is 27.0. The van der Waals surface area contributed by atoms with Crippen molar-refractivity contribution in [2.24, 2.45) is 0 Å². The number of benzene rings is 1. The molecule has 202 valence electrons. The molecule has 1 aliphatic carbocycles. The first kappa shape index (κ1) is 27.7. The molecule has 2 fully saturated rings. The summed E-state index contributed by atoms with van der Waals surface area (Å²) in [6.45, 7) is 7.64. The van der Waals surface area contributed by atoms with Gasteiger partial charge in [-0.05, 0) is 43.9 Å². The zero-order valence-corrected chi connectivity index (χ0v) is 23.0. The third kappa shape index (κ3) is 6.24. The number of halogens is 3. The molecule has 37 heavy (non-hydrogen) atoms. The number of aliphatic hydroxyl groups is 1. The van der Waals surface area contributed by atoms with Gasteiger partial charge in [0.05, 0.1) is 27.7 Å². The molecule has 2 amide bonds. The van der Waals surface area contributed by atoms with E-state index in [-0.39, 0.29) is 30.1 Å². The molecule has 3 N–H and O–H groups in total. The number of hydrogen-bond acceptors (Lipinski definition) is 6. The Kier molecular flexibility index (Phi) is 7.85. The van der Waals surface area contributed by atoms with Crippen molar-refractivity contribution in [2.45, 2.75) is 69.2 Å². The van der Waals surface area contributed by atoms with Crippen molar-refractivity contribution in [1.82, 2.24) is 20.5 Å². The Morgan fingerprint density at radius 2 is 1.89 bits per heavy atom. The van der Waals surface area contributed by atoms with Gasteiger partial charge in [0, 0.05) is 30.9 Å². The quantitative estimate of drug-likeness (QED) is 0.458. The van der Waals surface area contributed by atoms with Gasteiger partial charge in [0.2, 0.25) is 5.91 Å². The van der Waals surface area contributed by atoms with Crippen LogP contribution in [-0.2, 0) is 16.6 Å². The van der Waals surface area contributed by atoms with Crippen molar-refractivity contribution in [3.8, 4) is 0 Å². The number of thiazole rings is 1. The standard InChI is InChI=1S/C25H33F3N4O3SSi/c1-37(2,3)23-31-14-20(36-23)24(35)9-7-18(8-10-24)32(19-12-29-13-19)21(33)15-30-22(34)16-5-4-6-17(11-16)25(26,27)28/h4-6,11,14,18-19,29,35H,7-10,12-13,15H2,1-3H3,(H,30,34). The molecule has 1 aromatic carbocycles. The molecule has 2 heterocycles. The van der Waals surface area contributed by atoms with Crippen LogP contribution in [0.15, 0.2) is 30.5 Å². The van der Waals surface area contributed by atoms with Crippen LogP contribution in [0.25, 0.3) is 0 Å². The Morgan fingerprint density at radius 1 is 1.22 bits per heavy atom. The number of carbonyl (C=O) groups excluding carboxylic acids is 2. The average molecular weight is 555 g/mol. The first-order chi connectivity index (χ1) is 17.3. The first-order valence-corrected chi connectivity index (χ1v) is 16.8. The Balaban J connectivity index is 1.39. The van der Waals surface area contributed by atoms with Crippen LogP contribution in [0.2, 0.25) is 19.6 Å². The molecule has 1 aromatic heterocycles. The van der Waals surface area contributed by atoms with Crippen LogP contribution >= 0.6 is 11.3 Å². The number of nitrogens with zero attached hydrogens (tertiary/aromatic N) is 2. The predicted octanol–water partition coefficient (Wildman–Crippen LogP) is 3.07. The number of rotatable bonds is 7. The van der Waals surface area contributed by atoms with Gasteiger partial charge in [-0.25, -0.2) is 0 Å². The van der Waals surface area contributed by atoms with E-state index in [2.05, 4.69) is 35.3 Å². The highest BCUT2D eigenvalue weighted by Crippen LogP contribution is 2.40. The van der Waals surface area contributed by atoms with Gasteiger partial charge in [-0.1, -0.05) is 25.7 Å². The third-order valence-corrected chi connectivity index (χ3v) is 11.6. The van der Waals surface area contributed by atoms with E-state index in [0.29, 0.717) is 38.8 Å². The van der Waals surface area contributed by atoms with E-state index in [9.17, 15) is 27.9 Å². The third-order valence-electron chi connectivity index (χ3n) is 7.08. The van der Waals surface area contributed by atoms with E-state index >= 15 is 0 Å². The molecule has 1 aliphatic heterocycles. The lowest BCUT2D eigenvalue weighted by Gasteiger charge is -2.46. The lowest BCUT2D eigenvalue weighted by atomic mass is 9.80. The Labute approximate surface area is 219 Å². The summed E-state index contributed by atoms with van der Waals surface area (Å²) in [6, 6.07) is 4.03. The van der Waals surface area contributed by atoms with Crippen LogP contribution in [0.5, 0.6) is 0 Å². The normalized spacial score (nSPS) is 22.8. The second-order valence-electron chi connectivity index (χ2n) is 10.9. The van der Waals surface area contributed by atoms with E-state index in [1.54, 1.807) is 22.4 Å². The number of amides is 2. The molecule has 4 rings (SSSR count). The van der Waals surface area contributed by atoms with Crippen LogP contribution in [-0.4, -0.2) is 66.6 Å². The molecule has 0 radical (unpaired) electrons. The fourth-order valence-electron chi connectivity index (χ4n) is 4.80. The summed E-state index contributed by atoms with van der Waals surface area (Å²) < 4.78 is 40.1. The monoisotopic (exact) mass is 554 g/mol. The van der Waals surface area contributed by atoms with Gasteiger partial charge in [-0.2, -0.15) is 13.2 Å². The van der Waals surface area contributed by atoms with E-state index in [0.717, 1.165) is 21.6 Å².